The Kier molecular flexibility index (Phi) is 3.94. The molecule has 0 aromatic heterocycles. The number of ether oxygens (including phenoxy) is 1. The van der Waals surface area contributed by atoms with E-state index in [0.29, 0.717) is 5.75 Å². The second-order valence-corrected chi connectivity index (χ2v) is 5.65. The van der Waals surface area contributed by atoms with Crippen molar-refractivity contribution in [1.82, 2.24) is 4.90 Å². The molecular formula is C14H16BrNO3. The lowest BCUT2D eigenvalue weighted by Gasteiger charge is -2.16. The molecule has 5 heteroatoms. The van der Waals surface area contributed by atoms with Gasteiger partial charge >= 0.3 is 0 Å². The molecule has 0 spiro atoms. The molecule has 0 N–H and O–H groups in total. The van der Waals surface area contributed by atoms with E-state index in [2.05, 4.69) is 15.9 Å². The van der Waals surface area contributed by atoms with E-state index in [1.807, 2.05) is 18.2 Å². The minimum Gasteiger partial charge on any atom is -0.497 e. The van der Waals surface area contributed by atoms with Gasteiger partial charge in [0.05, 0.1) is 13.7 Å². The molecule has 2 unspecified atom stereocenters. The Morgan fingerprint density at radius 3 is 2.32 bits per heavy atom. The number of amides is 2. The fourth-order valence-corrected chi connectivity index (χ4v) is 2.53. The van der Waals surface area contributed by atoms with Crippen LogP contribution in [0.25, 0.3) is 0 Å². The molecular weight excluding hydrogens is 310 g/mol. The maximum Gasteiger partial charge on any atom is 0.233 e. The van der Waals surface area contributed by atoms with Gasteiger partial charge in [-0.05, 0) is 23.8 Å². The number of halogens is 1. The molecule has 2 amide bonds. The molecule has 2 atom stereocenters. The Morgan fingerprint density at radius 1 is 1.21 bits per heavy atom. The van der Waals surface area contributed by atoms with E-state index in [1.165, 1.54) is 4.90 Å². The number of hydrogen-bond acceptors (Lipinski definition) is 3. The van der Waals surface area contributed by atoms with Crippen molar-refractivity contribution in [3.8, 4) is 5.75 Å². The van der Waals surface area contributed by atoms with Gasteiger partial charge in [-0.3, -0.25) is 14.5 Å². The average molecular weight is 326 g/mol. The van der Waals surface area contributed by atoms with Gasteiger partial charge in [-0.25, -0.2) is 0 Å². The zero-order chi connectivity index (χ0) is 14.2. The second kappa shape index (κ2) is 5.33. The Hall–Kier alpha value is -1.36. The number of methoxy groups -OCH3 is 1. The van der Waals surface area contributed by atoms with Gasteiger partial charge in [0, 0.05) is 16.3 Å². The van der Waals surface area contributed by atoms with Crippen LogP contribution in [0.1, 0.15) is 19.4 Å². The summed E-state index contributed by atoms with van der Waals surface area (Å²) >= 11 is 3.43. The molecule has 1 aromatic rings. The number of nitrogens with zero attached hydrogens (tertiary/aromatic N) is 1. The standard InChI is InChI=1S/C14H16BrNO3/c1-8-9(2)14(18)16(13(8)17)7-10-6-11(19-3)4-5-12(10)15/h4-6,8-9H,7H2,1-3H3. The highest BCUT2D eigenvalue weighted by molar-refractivity contribution is 9.10. The number of likely N-dealkylation sites (tertiary alicyclic amines) is 1. The molecule has 0 saturated carbocycles. The van der Waals surface area contributed by atoms with Crippen molar-refractivity contribution in [1.29, 1.82) is 0 Å². The Labute approximate surface area is 120 Å². The van der Waals surface area contributed by atoms with Gasteiger partial charge in [0.15, 0.2) is 0 Å². The van der Waals surface area contributed by atoms with E-state index in [4.69, 9.17) is 4.74 Å². The van der Waals surface area contributed by atoms with Crippen LogP contribution in [-0.4, -0.2) is 23.8 Å². The molecule has 1 fully saturated rings. The van der Waals surface area contributed by atoms with Crippen molar-refractivity contribution in [2.45, 2.75) is 20.4 Å². The summed E-state index contributed by atoms with van der Waals surface area (Å²) in [6, 6.07) is 5.51. The summed E-state index contributed by atoms with van der Waals surface area (Å²) in [7, 11) is 1.59. The third-order valence-corrected chi connectivity index (χ3v) is 4.42. The Morgan fingerprint density at radius 2 is 1.79 bits per heavy atom. The summed E-state index contributed by atoms with van der Waals surface area (Å²) < 4.78 is 6.02. The number of benzene rings is 1. The van der Waals surface area contributed by atoms with E-state index in [9.17, 15) is 9.59 Å². The Bertz CT molecular complexity index is 509. The van der Waals surface area contributed by atoms with Gasteiger partial charge in [0.2, 0.25) is 11.8 Å². The zero-order valence-corrected chi connectivity index (χ0v) is 12.7. The SMILES string of the molecule is COc1ccc(Br)c(CN2C(=O)C(C)C(C)C2=O)c1. The molecule has 0 bridgehead atoms. The van der Waals surface area contributed by atoms with E-state index in [-0.39, 0.29) is 30.2 Å². The lowest BCUT2D eigenvalue weighted by Crippen LogP contribution is -2.30. The van der Waals surface area contributed by atoms with Gasteiger partial charge < -0.3 is 4.74 Å². The molecule has 1 heterocycles. The predicted molar refractivity (Wildman–Crippen MR) is 74.6 cm³/mol. The van der Waals surface area contributed by atoms with Gasteiger partial charge in [0.25, 0.3) is 0 Å². The van der Waals surface area contributed by atoms with Crippen LogP contribution in [0.4, 0.5) is 0 Å². The molecule has 1 saturated heterocycles. The summed E-state index contributed by atoms with van der Waals surface area (Å²) in [5, 5.41) is 0. The minimum absolute atomic E-state index is 0.104. The minimum atomic E-state index is -0.239. The second-order valence-electron chi connectivity index (χ2n) is 4.80. The third kappa shape index (κ3) is 2.52. The summed E-state index contributed by atoms with van der Waals surface area (Å²) in [4.78, 5) is 25.4. The summed E-state index contributed by atoms with van der Waals surface area (Å²) in [5.41, 5.74) is 0.863. The predicted octanol–water partition coefficient (Wildman–Crippen LogP) is 2.60. The quantitative estimate of drug-likeness (QED) is 0.802. The number of carbonyl (C=O) groups excluding carboxylic acids is 2. The normalized spacial score (nSPS) is 23.1. The van der Waals surface area contributed by atoms with Crippen molar-refractivity contribution in [3.05, 3.63) is 28.2 Å². The van der Waals surface area contributed by atoms with Crippen LogP contribution in [0, 0.1) is 11.8 Å². The molecule has 1 aromatic carbocycles. The molecule has 0 radical (unpaired) electrons. The van der Waals surface area contributed by atoms with Crippen molar-refractivity contribution in [2.24, 2.45) is 11.8 Å². The summed E-state index contributed by atoms with van der Waals surface area (Å²) in [6.45, 7) is 3.88. The van der Waals surface area contributed by atoms with Crippen LogP contribution in [-0.2, 0) is 16.1 Å². The molecule has 1 aliphatic heterocycles. The first-order valence-corrected chi connectivity index (χ1v) is 6.92. The van der Waals surface area contributed by atoms with Crippen molar-refractivity contribution in [2.75, 3.05) is 7.11 Å². The van der Waals surface area contributed by atoms with E-state index < -0.39 is 0 Å². The van der Waals surface area contributed by atoms with Crippen LogP contribution in [0.15, 0.2) is 22.7 Å². The molecule has 102 valence electrons. The van der Waals surface area contributed by atoms with Gasteiger partial charge in [-0.15, -0.1) is 0 Å². The number of carbonyl (C=O) groups is 2. The number of rotatable bonds is 3. The summed E-state index contributed by atoms with van der Waals surface area (Å²) in [6.07, 6.45) is 0. The largest absolute Gasteiger partial charge is 0.497 e. The first kappa shape index (κ1) is 14.1. The van der Waals surface area contributed by atoms with Gasteiger partial charge in [-0.1, -0.05) is 29.8 Å². The lowest BCUT2D eigenvalue weighted by molar-refractivity contribution is -0.140. The molecule has 2 rings (SSSR count). The average Bonchev–Trinajstić information content (AvgIpc) is 2.59. The van der Waals surface area contributed by atoms with Crippen LogP contribution in [0.5, 0.6) is 5.75 Å². The van der Waals surface area contributed by atoms with E-state index in [1.54, 1.807) is 21.0 Å². The topological polar surface area (TPSA) is 46.6 Å². The highest BCUT2D eigenvalue weighted by Gasteiger charge is 2.42. The maximum absolute atomic E-state index is 12.1. The van der Waals surface area contributed by atoms with Crippen molar-refractivity contribution < 1.29 is 14.3 Å². The molecule has 0 aliphatic carbocycles. The number of imide groups is 1. The molecule has 19 heavy (non-hydrogen) atoms. The van der Waals surface area contributed by atoms with Crippen molar-refractivity contribution >= 4 is 27.7 Å². The van der Waals surface area contributed by atoms with E-state index in [0.717, 1.165) is 10.0 Å². The Balaban J connectivity index is 2.26. The highest BCUT2D eigenvalue weighted by Crippen LogP contribution is 2.30. The highest BCUT2D eigenvalue weighted by atomic mass is 79.9. The van der Waals surface area contributed by atoms with Crippen LogP contribution < -0.4 is 4.74 Å². The van der Waals surface area contributed by atoms with E-state index >= 15 is 0 Å². The van der Waals surface area contributed by atoms with Crippen LogP contribution in [0.3, 0.4) is 0 Å². The van der Waals surface area contributed by atoms with Crippen LogP contribution in [0.2, 0.25) is 0 Å². The van der Waals surface area contributed by atoms with Crippen molar-refractivity contribution in [3.63, 3.8) is 0 Å². The van der Waals surface area contributed by atoms with Gasteiger partial charge in [-0.2, -0.15) is 0 Å². The number of hydrogen-bond donors (Lipinski definition) is 0. The molecule has 4 nitrogen and oxygen atoms in total. The maximum atomic E-state index is 12.1. The van der Waals surface area contributed by atoms with Gasteiger partial charge in [0.1, 0.15) is 5.75 Å². The fraction of sp³-hybridized carbons (Fsp3) is 0.429. The fourth-order valence-electron chi connectivity index (χ4n) is 2.15. The smallest absolute Gasteiger partial charge is 0.233 e. The van der Waals surface area contributed by atoms with Crippen LogP contribution >= 0.6 is 15.9 Å². The monoisotopic (exact) mass is 325 g/mol. The molecule has 1 aliphatic rings. The lowest BCUT2D eigenvalue weighted by atomic mass is 10.00. The first-order chi connectivity index (χ1) is 8.95. The zero-order valence-electron chi connectivity index (χ0n) is 11.1. The summed E-state index contributed by atoms with van der Waals surface area (Å²) in [5.74, 6) is 0.0200. The third-order valence-electron chi connectivity index (χ3n) is 3.64. The first-order valence-electron chi connectivity index (χ1n) is 6.13.